The summed E-state index contributed by atoms with van der Waals surface area (Å²) in [5.41, 5.74) is 1.28. The van der Waals surface area contributed by atoms with Crippen LogP contribution in [0.3, 0.4) is 0 Å². The zero-order chi connectivity index (χ0) is 17.5. The van der Waals surface area contributed by atoms with E-state index in [4.69, 9.17) is 4.74 Å². The predicted molar refractivity (Wildman–Crippen MR) is 94.6 cm³/mol. The molecule has 2 N–H and O–H groups in total. The Morgan fingerprint density at radius 3 is 2.79 bits per heavy atom. The van der Waals surface area contributed by atoms with E-state index in [1.807, 2.05) is 19.0 Å². The molecule has 0 spiro atoms. The van der Waals surface area contributed by atoms with E-state index in [9.17, 15) is 9.59 Å². The van der Waals surface area contributed by atoms with Crippen LogP contribution in [0.4, 0.5) is 16.2 Å². The van der Waals surface area contributed by atoms with Crippen molar-refractivity contribution < 1.29 is 14.3 Å². The smallest absolute Gasteiger partial charge is 0.321 e. The number of benzene rings is 1. The van der Waals surface area contributed by atoms with Crippen molar-refractivity contribution in [1.29, 1.82) is 0 Å². The van der Waals surface area contributed by atoms with Crippen LogP contribution in [-0.4, -0.2) is 62.1 Å². The first-order chi connectivity index (χ1) is 11.5. The lowest BCUT2D eigenvalue weighted by molar-refractivity contribution is -0.118. The van der Waals surface area contributed by atoms with Gasteiger partial charge in [-0.15, -0.1) is 0 Å². The summed E-state index contributed by atoms with van der Waals surface area (Å²) >= 11 is 0. The SMILES string of the molecule is CCCN(CCCN(C)C)C(=O)Nc1ccc2c(c1)OCC(=O)N2. The number of urea groups is 1. The van der Waals surface area contributed by atoms with Gasteiger partial charge in [0.15, 0.2) is 6.61 Å². The van der Waals surface area contributed by atoms with Crippen LogP contribution >= 0.6 is 0 Å². The Hall–Kier alpha value is -2.28. The summed E-state index contributed by atoms with van der Waals surface area (Å²) in [6, 6.07) is 5.11. The molecule has 7 heteroatoms. The summed E-state index contributed by atoms with van der Waals surface area (Å²) in [7, 11) is 4.05. The topological polar surface area (TPSA) is 73.9 Å². The highest BCUT2D eigenvalue weighted by atomic mass is 16.5. The number of fused-ring (bicyclic) bond motifs is 1. The first-order valence-corrected chi connectivity index (χ1v) is 8.27. The molecule has 132 valence electrons. The maximum absolute atomic E-state index is 12.5. The van der Waals surface area contributed by atoms with Crippen molar-refractivity contribution in [3.8, 4) is 5.75 Å². The molecule has 1 heterocycles. The van der Waals surface area contributed by atoms with Gasteiger partial charge < -0.3 is 25.2 Å². The first-order valence-electron chi connectivity index (χ1n) is 8.27. The third-order valence-corrected chi connectivity index (χ3v) is 3.68. The van der Waals surface area contributed by atoms with Crippen LogP contribution in [0.2, 0.25) is 0 Å². The fraction of sp³-hybridized carbons (Fsp3) is 0.529. The number of carbonyl (C=O) groups is 2. The Morgan fingerprint density at radius 1 is 1.29 bits per heavy atom. The number of anilines is 2. The van der Waals surface area contributed by atoms with E-state index in [2.05, 4.69) is 22.5 Å². The molecule has 0 atom stereocenters. The summed E-state index contributed by atoms with van der Waals surface area (Å²) in [4.78, 5) is 27.7. The van der Waals surface area contributed by atoms with Gasteiger partial charge in [0.05, 0.1) is 5.69 Å². The zero-order valence-electron chi connectivity index (χ0n) is 14.6. The predicted octanol–water partition coefficient (Wildman–Crippen LogP) is 2.21. The highest BCUT2D eigenvalue weighted by Crippen LogP contribution is 2.30. The Morgan fingerprint density at radius 2 is 2.08 bits per heavy atom. The van der Waals surface area contributed by atoms with Crippen molar-refractivity contribution in [2.45, 2.75) is 19.8 Å². The molecule has 24 heavy (non-hydrogen) atoms. The lowest BCUT2D eigenvalue weighted by Crippen LogP contribution is -2.37. The second-order valence-electron chi connectivity index (χ2n) is 6.12. The van der Waals surface area contributed by atoms with Crippen molar-refractivity contribution in [3.05, 3.63) is 18.2 Å². The first kappa shape index (κ1) is 18.1. The molecule has 1 aliphatic heterocycles. The van der Waals surface area contributed by atoms with Gasteiger partial charge in [-0.05, 0) is 45.6 Å². The fourth-order valence-corrected chi connectivity index (χ4v) is 2.52. The molecule has 7 nitrogen and oxygen atoms in total. The maximum atomic E-state index is 12.5. The van der Waals surface area contributed by atoms with Gasteiger partial charge in [-0.25, -0.2) is 4.79 Å². The van der Waals surface area contributed by atoms with E-state index in [0.717, 1.165) is 32.5 Å². The molecule has 0 saturated carbocycles. The molecule has 1 aromatic carbocycles. The fourth-order valence-electron chi connectivity index (χ4n) is 2.52. The number of carbonyl (C=O) groups excluding carboxylic acids is 2. The number of hydrogen-bond acceptors (Lipinski definition) is 4. The highest BCUT2D eigenvalue weighted by Gasteiger charge is 2.18. The van der Waals surface area contributed by atoms with Crippen molar-refractivity contribution >= 4 is 23.3 Å². The molecule has 1 aromatic rings. The Balaban J connectivity index is 1.97. The molecule has 3 amide bonds. The minimum Gasteiger partial charge on any atom is -0.482 e. The minimum atomic E-state index is -0.172. The van der Waals surface area contributed by atoms with Gasteiger partial charge in [-0.3, -0.25) is 4.79 Å². The summed E-state index contributed by atoms with van der Waals surface area (Å²) in [5.74, 6) is 0.399. The lowest BCUT2D eigenvalue weighted by atomic mass is 10.2. The van der Waals surface area contributed by atoms with Gasteiger partial charge in [0, 0.05) is 24.8 Å². The van der Waals surface area contributed by atoms with Gasteiger partial charge >= 0.3 is 6.03 Å². The monoisotopic (exact) mass is 334 g/mol. The molecule has 0 bridgehead atoms. The second-order valence-corrected chi connectivity index (χ2v) is 6.12. The average molecular weight is 334 g/mol. The van der Waals surface area contributed by atoms with E-state index in [1.54, 1.807) is 18.2 Å². The molecule has 0 saturated heterocycles. The summed E-state index contributed by atoms with van der Waals surface area (Å²) < 4.78 is 5.37. The molecule has 0 radical (unpaired) electrons. The third kappa shape index (κ3) is 5.13. The van der Waals surface area contributed by atoms with E-state index < -0.39 is 0 Å². The Bertz CT molecular complexity index is 589. The van der Waals surface area contributed by atoms with E-state index in [1.165, 1.54) is 0 Å². The molecule has 0 aromatic heterocycles. The largest absolute Gasteiger partial charge is 0.482 e. The minimum absolute atomic E-state index is 0.00308. The molecule has 1 aliphatic rings. The average Bonchev–Trinajstić information content (AvgIpc) is 2.54. The molecular formula is C17H26N4O3. The normalized spacial score (nSPS) is 13.1. The van der Waals surface area contributed by atoms with Crippen molar-refractivity contribution in [2.75, 3.05) is 51.0 Å². The second kappa shape index (κ2) is 8.54. The number of nitrogens with one attached hydrogen (secondary N) is 2. The maximum Gasteiger partial charge on any atom is 0.321 e. The number of amides is 3. The zero-order valence-corrected chi connectivity index (χ0v) is 14.6. The van der Waals surface area contributed by atoms with Crippen LogP contribution < -0.4 is 15.4 Å². The van der Waals surface area contributed by atoms with Gasteiger partial charge in [-0.1, -0.05) is 6.92 Å². The molecule has 0 aliphatic carbocycles. The van der Waals surface area contributed by atoms with Crippen molar-refractivity contribution in [3.63, 3.8) is 0 Å². The number of rotatable bonds is 7. The van der Waals surface area contributed by atoms with Crippen LogP contribution in [-0.2, 0) is 4.79 Å². The quantitative estimate of drug-likeness (QED) is 0.802. The van der Waals surface area contributed by atoms with Crippen LogP contribution in [0.1, 0.15) is 19.8 Å². The third-order valence-electron chi connectivity index (χ3n) is 3.68. The van der Waals surface area contributed by atoms with Crippen LogP contribution in [0.25, 0.3) is 0 Å². The molecule has 2 rings (SSSR count). The Labute approximate surface area is 142 Å². The lowest BCUT2D eigenvalue weighted by Gasteiger charge is -2.24. The van der Waals surface area contributed by atoms with E-state index in [0.29, 0.717) is 17.1 Å². The van der Waals surface area contributed by atoms with Gasteiger partial charge in [0.25, 0.3) is 5.91 Å². The van der Waals surface area contributed by atoms with Crippen LogP contribution in [0, 0.1) is 0 Å². The summed E-state index contributed by atoms with van der Waals surface area (Å²) in [5, 5.41) is 5.64. The van der Waals surface area contributed by atoms with E-state index in [-0.39, 0.29) is 18.5 Å². The van der Waals surface area contributed by atoms with Gasteiger partial charge in [0.2, 0.25) is 0 Å². The van der Waals surface area contributed by atoms with Crippen molar-refractivity contribution in [2.24, 2.45) is 0 Å². The summed E-state index contributed by atoms with van der Waals surface area (Å²) in [6.07, 6.45) is 1.84. The van der Waals surface area contributed by atoms with E-state index >= 15 is 0 Å². The van der Waals surface area contributed by atoms with Crippen molar-refractivity contribution in [1.82, 2.24) is 9.80 Å². The summed E-state index contributed by atoms with van der Waals surface area (Å²) in [6.45, 7) is 4.44. The Kier molecular flexibility index (Phi) is 6.43. The number of nitrogens with zero attached hydrogens (tertiary/aromatic N) is 2. The number of hydrogen-bond donors (Lipinski definition) is 2. The van der Waals surface area contributed by atoms with Crippen LogP contribution in [0.5, 0.6) is 5.75 Å². The highest BCUT2D eigenvalue weighted by molar-refractivity contribution is 5.96. The van der Waals surface area contributed by atoms with Gasteiger partial charge in [0.1, 0.15) is 5.75 Å². The van der Waals surface area contributed by atoms with Gasteiger partial charge in [-0.2, -0.15) is 0 Å². The standard InChI is InChI=1S/C17H26N4O3/c1-4-8-21(10-5-9-20(2)3)17(23)18-13-6-7-14-15(11-13)24-12-16(22)19-14/h6-7,11H,4-5,8-10,12H2,1-3H3,(H,18,23)(H,19,22). The molecule has 0 unspecified atom stereocenters. The van der Waals surface area contributed by atoms with Crippen LogP contribution in [0.15, 0.2) is 18.2 Å². The number of ether oxygens (including phenoxy) is 1. The molecule has 0 fully saturated rings. The molecular weight excluding hydrogens is 308 g/mol.